The van der Waals surface area contributed by atoms with Gasteiger partial charge < -0.3 is 10.2 Å². The van der Waals surface area contributed by atoms with Gasteiger partial charge in [0.05, 0.1) is 0 Å². The molecule has 0 bridgehead atoms. The van der Waals surface area contributed by atoms with E-state index in [1.54, 1.807) is 11.3 Å². The Morgan fingerprint density at radius 3 is 2.83 bits per heavy atom. The number of nitrogens with one attached hydrogen (secondary N) is 1. The fourth-order valence-corrected chi connectivity index (χ4v) is 3.19. The molecule has 0 aliphatic carbocycles. The number of hydrogen-bond donors (Lipinski definition) is 1. The van der Waals surface area contributed by atoms with Gasteiger partial charge in [-0.1, -0.05) is 13.0 Å². The zero-order chi connectivity index (χ0) is 13.0. The molecule has 1 aliphatic heterocycles. The number of hydrogen-bond acceptors (Lipinski definition) is 3. The van der Waals surface area contributed by atoms with Crippen molar-refractivity contribution >= 4 is 17.2 Å². The Morgan fingerprint density at radius 2 is 2.22 bits per heavy atom. The van der Waals surface area contributed by atoms with Crippen molar-refractivity contribution in [3.8, 4) is 0 Å². The lowest BCUT2D eigenvalue weighted by molar-refractivity contribution is -0.141. The van der Waals surface area contributed by atoms with E-state index in [-0.39, 0.29) is 5.41 Å². The first kappa shape index (κ1) is 13.6. The average Bonchev–Trinajstić information content (AvgIpc) is 2.89. The molecule has 0 saturated carbocycles. The summed E-state index contributed by atoms with van der Waals surface area (Å²) in [4.78, 5) is 15.7. The molecule has 0 atom stereocenters. The first-order valence-corrected chi connectivity index (χ1v) is 7.48. The number of carbonyl (C=O) groups excluding carboxylic acids is 1. The Kier molecular flexibility index (Phi) is 4.40. The van der Waals surface area contributed by atoms with Crippen molar-refractivity contribution in [2.24, 2.45) is 5.41 Å². The molecule has 0 unspecified atom stereocenters. The third-order valence-electron chi connectivity index (χ3n) is 3.84. The van der Waals surface area contributed by atoms with Crippen LogP contribution in [0.3, 0.4) is 0 Å². The highest BCUT2D eigenvalue weighted by Gasteiger charge is 2.36. The molecular formula is C14H22N2OS. The maximum Gasteiger partial charge on any atom is 0.228 e. The van der Waals surface area contributed by atoms with E-state index in [0.717, 1.165) is 38.9 Å². The van der Waals surface area contributed by atoms with Crippen LogP contribution in [0, 0.1) is 5.41 Å². The second-order valence-electron chi connectivity index (χ2n) is 5.37. The van der Waals surface area contributed by atoms with E-state index in [1.165, 1.54) is 4.88 Å². The summed E-state index contributed by atoms with van der Waals surface area (Å²) in [7, 11) is 1.93. The van der Waals surface area contributed by atoms with E-state index in [9.17, 15) is 4.79 Å². The van der Waals surface area contributed by atoms with E-state index in [2.05, 4.69) is 29.8 Å². The molecule has 100 valence electrons. The van der Waals surface area contributed by atoms with Crippen LogP contribution in [-0.4, -0.2) is 37.5 Å². The molecule has 3 nitrogen and oxygen atoms in total. The van der Waals surface area contributed by atoms with Gasteiger partial charge in [-0.2, -0.15) is 0 Å². The number of likely N-dealkylation sites (N-methyl/N-ethyl adjacent to an activating group) is 1. The zero-order valence-corrected chi connectivity index (χ0v) is 12.1. The van der Waals surface area contributed by atoms with Crippen LogP contribution in [0.1, 0.15) is 24.6 Å². The molecule has 4 heteroatoms. The predicted octanol–water partition coefficient (Wildman–Crippen LogP) is 2.14. The fourth-order valence-electron chi connectivity index (χ4n) is 2.49. The highest BCUT2D eigenvalue weighted by Crippen LogP contribution is 2.30. The van der Waals surface area contributed by atoms with Crippen LogP contribution < -0.4 is 5.32 Å². The lowest BCUT2D eigenvalue weighted by Gasteiger charge is -2.36. The average molecular weight is 266 g/mol. The molecule has 2 heterocycles. The standard InChI is InChI=1S/C14H22N2OS/c1-14(6-8-15-9-7-14)13(17)16(2)10-5-12-4-3-11-18-12/h3-4,11,15H,5-10H2,1-2H3. The van der Waals surface area contributed by atoms with Crippen LogP contribution in [0.15, 0.2) is 17.5 Å². The van der Waals surface area contributed by atoms with E-state index >= 15 is 0 Å². The lowest BCUT2D eigenvalue weighted by atomic mass is 9.79. The summed E-state index contributed by atoms with van der Waals surface area (Å²) >= 11 is 1.76. The third-order valence-corrected chi connectivity index (χ3v) is 4.78. The molecule has 1 saturated heterocycles. The van der Waals surface area contributed by atoms with Gasteiger partial charge in [0, 0.05) is 23.9 Å². The van der Waals surface area contributed by atoms with Crippen molar-refractivity contribution < 1.29 is 4.79 Å². The molecule has 1 N–H and O–H groups in total. The summed E-state index contributed by atoms with van der Waals surface area (Å²) in [5.74, 6) is 0.306. The van der Waals surface area contributed by atoms with Gasteiger partial charge in [0.25, 0.3) is 0 Å². The number of piperidine rings is 1. The van der Waals surface area contributed by atoms with Gasteiger partial charge in [-0.3, -0.25) is 4.79 Å². The summed E-state index contributed by atoms with van der Waals surface area (Å²) in [6, 6.07) is 4.20. The van der Waals surface area contributed by atoms with Crippen molar-refractivity contribution in [3.05, 3.63) is 22.4 Å². The molecule has 1 amide bonds. The summed E-state index contributed by atoms with van der Waals surface area (Å²) in [5, 5.41) is 5.41. The van der Waals surface area contributed by atoms with Gasteiger partial charge in [-0.05, 0) is 43.8 Å². The first-order valence-electron chi connectivity index (χ1n) is 6.60. The van der Waals surface area contributed by atoms with Crippen LogP contribution in [-0.2, 0) is 11.2 Å². The molecule has 0 radical (unpaired) electrons. The Morgan fingerprint density at radius 1 is 1.50 bits per heavy atom. The predicted molar refractivity (Wildman–Crippen MR) is 75.9 cm³/mol. The largest absolute Gasteiger partial charge is 0.345 e. The quantitative estimate of drug-likeness (QED) is 0.905. The van der Waals surface area contributed by atoms with E-state index in [1.807, 2.05) is 11.9 Å². The minimum Gasteiger partial charge on any atom is -0.345 e. The Balaban J connectivity index is 1.87. The maximum absolute atomic E-state index is 12.5. The summed E-state index contributed by atoms with van der Waals surface area (Å²) in [6.45, 7) is 4.85. The number of nitrogens with zero attached hydrogens (tertiary/aromatic N) is 1. The minimum atomic E-state index is -0.157. The zero-order valence-electron chi connectivity index (χ0n) is 11.2. The minimum absolute atomic E-state index is 0.157. The molecule has 2 rings (SSSR count). The van der Waals surface area contributed by atoms with Crippen molar-refractivity contribution in [1.29, 1.82) is 0 Å². The van der Waals surface area contributed by atoms with Crippen molar-refractivity contribution in [2.45, 2.75) is 26.2 Å². The second-order valence-corrected chi connectivity index (χ2v) is 6.40. The molecule has 0 aromatic carbocycles. The highest BCUT2D eigenvalue weighted by atomic mass is 32.1. The molecule has 1 fully saturated rings. The summed E-state index contributed by atoms with van der Waals surface area (Å²) in [5.41, 5.74) is -0.157. The van der Waals surface area contributed by atoms with Crippen LogP contribution >= 0.6 is 11.3 Å². The molecule has 1 aliphatic rings. The van der Waals surface area contributed by atoms with Gasteiger partial charge in [0.2, 0.25) is 5.91 Å². The lowest BCUT2D eigenvalue weighted by Crippen LogP contribution is -2.46. The normalized spacial score (nSPS) is 18.6. The van der Waals surface area contributed by atoms with Gasteiger partial charge in [-0.25, -0.2) is 0 Å². The molecule has 18 heavy (non-hydrogen) atoms. The van der Waals surface area contributed by atoms with Crippen molar-refractivity contribution in [2.75, 3.05) is 26.7 Å². The SMILES string of the molecule is CN(CCc1cccs1)C(=O)C1(C)CCNCC1. The maximum atomic E-state index is 12.5. The van der Waals surface area contributed by atoms with E-state index in [0.29, 0.717) is 5.91 Å². The number of rotatable bonds is 4. The summed E-state index contributed by atoms with van der Waals surface area (Å²) < 4.78 is 0. The smallest absolute Gasteiger partial charge is 0.228 e. The third kappa shape index (κ3) is 3.12. The Hall–Kier alpha value is -0.870. The Bertz CT molecular complexity index is 383. The second kappa shape index (κ2) is 5.85. The van der Waals surface area contributed by atoms with Crippen molar-refractivity contribution in [1.82, 2.24) is 10.2 Å². The van der Waals surface area contributed by atoms with Gasteiger partial charge in [0.15, 0.2) is 0 Å². The molecular weight excluding hydrogens is 244 g/mol. The Labute approximate surface area is 113 Å². The fraction of sp³-hybridized carbons (Fsp3) is 0.643. The van der Waals surface area contributed by atoms with Gasteiger partial charge in [0.1, 0.15) is 0 Å². The molecule has 1 aromatic rings. The van der Waals surface area contributed by atoms with E-state index < -0.39 is 0 Å². The van der Waals surface area contributed by atoms with Crippen LogP contribution in [0.25, 0.3) is 0 Å². The molecule has 0 spiro atoms. The van der Waals surface area contributed by atoms with E-state index in [4.69, 9.17) is 0 Å². The summed E-state index contributed by atoms with van der Waals surface area (Å²) in [6.07, 6.45) is 2.87. The van der Waals surface area contributed by atoms with Crippen LogP contribution in [0.5, 0.6) is 0 Å². The van der Waals surface area contributed by atoms with Crippen LogP contribution in [0.2, 0.25) is 0 Å². The van der Waals surface area contributed by atoms with Crippen molar-refractivity contribution in [3.63, 3.8) is 0 Å². The van der Waals surface area contributed by atoms with Gasteiger partial charge >= 0.3 is 0 Å². The number of amides is 1. The van der Waals surface area contributed by atoms with Crippen LogP contribution in [0.4, 0.5) is 0 Å². The molecule has 1 aromatic heterocycles. The number of carbonyl (C=O) groups is 1. The number of thiophene rings is 1. The van der Waals surface area contributed by atoms with Gasteiger partial charge in [-0.15, -0.1) is 11.3 Å². The monoisotopic (exact) mass is 266 g/mol. The topological polar surface area (TPSA) is 32.3 Å². The first-order chi connectivity index (χ1) is 8.62. The highest BCUT2D eigenvalue weighted by molar-refractivity contribution is 7.09.